The Morgan fingerprint density at radius 1 is 1.11 bits per heavy atom. The second kappa shape index (κ2) is 11.9. The second-order valence-corrected chi connectivity index (χ2v) is 10.3. The van der Waals surface area contributed by atoms with Gasteiger partial charge in [-0.3, -0.25) is 9.67 Å². The van der Waals surface area contributed by atoms with Gasteiger partial charge in [-0.2, -0.15) is 13.2 Å². The van der Waals surface area contributed by atoms with Crippen molar-refractivity contribution < 1.29 is 23.1 Å². The first kappa shape index (κ1) is 26.2. The van der Waals surface area contributed by atoms with Gasteiger partial charge in [0.05, 0.1) is 16.8 Å². The van der Waals surface area contributed by atoms with Gasteiger partial charge in [-0.1, -0.05) is 24.1 Å². The molecule has 7 nitrogen and oxygen atoms in total. The Bertz CT molecular complexity index is 1160. The lowest BCUT2D eigenvalue weighted by Crippen LogP contribution is -2.37. The molecular formula is C25H30F3N5O2S. The summed E-state index contributed by atoms with van der Waals surface area (Å²) in [6.07, 6.45) is 5.08. The van der Waals surface area contributed by atoms with Crippen LogP contribution in [0.2, 0.25) is 0 Å². The summed E-state index contributed by atoms with van der Waals surface area (Å²) in [5.74, 6) is 1.35. The van der Waals surface area contributed by atoms with E-state index in [9.17, 15) is 18.0 Å². The topological polar surface area (TPSA) is 84.1 Å². The summed E-state index contributed by atoms with van der Waals surface area (Å²) >= 11 is 1.65. The number of pyridine rings is 1. The zero-order valence-electron chi connectivity index (χ0n) is 20.0. The number of likely N-dealkylation sites (tertiary alicyclic amines) is 1. The van der Waals surface area contributed by atoms with E-state index in [1.165, 1.54) is 11.0 Å². The standard InChI is InChI=1S/C25H30F3N5O2S/c26-25(27,28)19-5-6-21-22(16-19)29-10-7-23(21)36-14-4-2-1-3-11-33-17-20(30-31-33)15-18-8-12-32(13-9-18)24(34)35/h5-7,10,16-18H,1-4,8-9,11-15H2,(H,34,35). The number of thioether (sulfide) groups is 1. The van der Waals surface area contributed by atoms with E-state index in [0.717, 1.165) is 85.4 Å². The van der Waals surface area contributed by atoms with Crippen LogP contribution < -0.4 is 0 Å². The first-order valence-electron chi connectivity index (χ1n) is 12.3. The van der Waals surface area contributed by atoms with Crippen molar-refractivity contribution in [3.63, 3.8) is 0 Å². The van der Waals surface area contributed by atoms with Crippen molar-refractivity contribution >= 4 is 28.8 Å². The molecule has 11 heteroatoms. The molecule has 0 spiro atoms. The van der Waals surface area contributed by atoms with E-state index < -0.39 is 17.8 Å². The van der Waals surface area contributed by atoms with Gasteiger partial charge in [0, 0.05) is 42.3 Å². The van der Waals surface area contributed by atoms with Gasteiger partial charge in [0.25, 0.3) is 0 Å². The molecule has 1 aromatic carbocycles. The van der Waals surface area contributed by atoms with Crippen LogP contribution in [-0.2, 0) is 19.1 Å². The molecule has 3 heterocycles. The Labute approximate surface area is 212 Å². The molecule has 0 aliphatic carbocycles. The van der Waals surface area contributed by atoms with Gasteiger partial charge in [0.2, 0.25) is 0 Å². The predicted molar refractivity (Wildman–Crippen MR) is 132 cm³/mol. The molecule has 0 saturated carbocycles. The second-order valence-electron chi connectivity index (χ2n) is 9.19. The molecule has 1 N–H and O–H groups in total. The third kappa shape index (κ3) is 7.11. The zero-order valence-corrected chi connectivity index (χ0v) is 20.8. The predicted octanol–water partition coefficient (Wildman–Crippen LogP) is 6.13. The average molecular weight is 522 g/mol. The number of hydrogen-bond acceptors (Lipinski definition) is 5. The van der Waals surface area contributed by atoms with Gasteiger partial charge >= 0.3 is 12.3 Å². The summed E-state index contributed by atoms with van der Waals surface area (Å²) in [5, 5.41) is 18.3. The number of aryl methyl sites for hydroxylation is 1. The van der Waals surface area contributed by atoms with Crippen molar-refractivity contribution in [3.05, 3.63) is 47.9 Å². The molecule has 194 valence electrons. The zero-order chi connectivity index (χ0) is 25.5. The fourth-order valence-electron chi connectivity index (χ4n) is 4.50. The molecule has 0 bridgehead atoms. The fraction of sp³-hybridized carbons (Fsp3) is 0.520. The van der Waals surface area contributed by atoms with Crippen LogP contribution in [0.15, 0.2) is 41.6 Å². The fourth-order valence-corrected chi connectivity index (χ4v) is 5.55. The van der Waals surface area contributed by atoms with E-state index in [1.807, 2.05) is 16.9 Å². The number of benzene rings is 1. The molecule has 2 aromatic heterocycles. The Hall–Kier alpha value is -2.82. The number of unbranched alkanes of at least 4 members (excludes halogenated alkanes) is 3. The van der Waals surface area contributed by atoms with E-state index in [0.29, 0.717) is 24.5 Å². The van der Waals surface area contributed by atoms with Crippen molar-refractivity contribution in [1.29, 1.82) is 0 Å². The first-order chi connectivity index (χ1) is 17.3. The number of alkyl halides is 3. The van der Waals surface area contributed by atoms with Crippen molar-refractivity contribution in [2.75, 3.05) is 18.8 Å². The number of nitrogens with zero attached hydrogens (tertiary/aromatic N) is 5. The molecule has 0 radical (unpaired) electrons. The lowest BCUT2D eigenvalue weighted by atomic mass is 9.92. The molecular weight excluding hydrogens is 491 g/mol. The number of rotatable bonds is 10. The quantitative estimate of drug-likeness (QED) is 0.255. The van der Waals surface area contributed by atoms with Gasteiger partial charge in [-0.25, -0.2) is 4.79 Å². The first-order valence-corrected chi connectivity index (χ1v) is 13.2. The molecule has 0 atom stereocenters. The maximum absolute atomic E-state index is 12.9. The van der Waals surface area contributed by atoms with E-state index >= 15 is 0 Å². The number of carboxylic acid groups (broad SMARTS) is 1. The minimum atomic E-state index is -4.37. The minimum absolute atomic E-state index is 0.368. The summed E-state index contributed by atoms with van der Waals surface area (Å²) in [7, 11) is 0. The maximum Gasteiger partial charge on any atom is 0.416 e. The number of hydrogen-bond donors (Lipinski definition) is 1. The third-order valence-electron chi connectivity index (χ3n) is 6.54. The van der Waals surface area contributed by atoms with Crippen molar-refractivity contribution in [2.45, 2.75) is 62.6 Å². The summed E-state index contributed by atoms with van der Waals surface area (Å²) in [5.41, 5.74) is 0.657. The van der Waals surface area contributed by atoms with Crippen LogP contribution in [0, 0.1) is 5.92 Å². The normalized spacial score (nSPS) is 15.0. The SMILES string of the molecule is O=C(O)N1CCC(Cc2cn(CCCCCCSc3ccnc4cc(C(F)(F)F)ccc34)nn2)CC1. The van der Waals surface area contributed by atoms with Crippen LogP contribution in [-0.4, -0.2) is 54.9 Å². The highest BCUT2D eigenvalue weighted by molar-refractivity contribution is 7.99. The van der Waals surface area contributed by atoms with Crippen LogP contribution >= 0.6 is 11.8 Å². The highest BCUT2D eigenvalue weighted by atomic mass is 32.2. The molecule has 1 aliphatic heterocycles. The molecule has 1 amide bonds. The third-order valence-corrected chi connectivity index (χ3v) is 7.70. The van der Waals surface area contributed by atoms with Crippen LogP contribution in [0.4, 0.5) is 18.0 Å². The van der Waals surface area contributed by atoms with Gasteiger partial charge in [-0.15, -0.1) is 16.9 Å². The number of piperidine rings is 1. The Morgan fingerprint density at radius 2 is 1.89 bits per heavy atom. The molecule has 3 aromatic rings. The van der Waals surface area contributed by atoms with Crippen LogP contribution in [0.25, 0.3) is 10.9 Å². The van der Waals surface area contributed by atoms with Crippen LogP contribution in [0.3, 0.4) is 0 Å². The molecule has 1 fully saturated rings. The van der Waals surface area contributed by atoms with Gasteiger partial charge in [0.1, 0.15) is 0 Å². The van der Waals surface area contributed by atoms with Crippen LogP contribution in [0.5, 0.6) is 0 Å². The van der Waals surface area contributed by atoms with E-state index in [-0.39, 0.29) is 0 Å². The van der Waals surface area contributed by atoms with Crippen molar-refractivity contribution in [3.8, 4) is 0 Å². The lowest BCUT2D eigenvalue weighted by molar-refractivity contribution is -0.137. The van der Waals surface area contributed by atoms with Gasteiger partial charge < -0.3 is 10.0 Å². The Morgan fingerprint density at radius 3 is 2.64 bits per heavy atom. The summed E-state index contributed by atoms with van der Waals surface area (Å²) in [6.45, 7) is 1.99. The van der Waals surface area contributed by atoms with Crippen molar-refractivity contribution in [2.24, 2.45) is 5.92 Å². The van der Waals surface area contributed by atoms with E-state index in [2.05, 4.69) is 15.3 Å². The largest absolute Gasteiger partial charge is 0.465 e. The number of amides is 1. The molecule has 1 aliphatic rings. The lowest BCUT2D eigenvalue weighted by Gasteiger charge is -2.29. The summed E-state index contributed by atoms with van der Waals surface area (Å²) in [4.78, 5) is 17.6. The summed E-state index contributed by atoms with van der Waals surface area (Å²) in [6, 6.07) is 5.60. The summed E-state index contributed by atoms with van der Waals surface area (Å²) < 4.78 is 40.7. The molecule has 0 unspecified atom stereocenters. The number of carbonyl (C=O) groups is 1. The van der Waals surface area contributed by atoms with E-state index in [1.54, 1.807) is 18.0 Å². The molecule has 36 heavy (non-hydrogen) atoms. The Kier molecular flexibility index (Phi) is 8.71. The highest BCUT2D eigenvalue weighted by Gasteiger charge is 2.30. The number of aromatic nitrogens is 4. The highest BCUT2D eigenvalue weighted by Crippen LogP contribution is 2.34. The minimum Gasteiger partial charge on any atom is -0.465 e. The average Bonchev–Trinajstić information content (AvgIpc) is 3.30. The molecule has 1 saturated heterocycles. The monoisotopic (exact) mass is 521 g/mol. The number of halogens is 3. The van der Waals surface area contributed by atoms with E-state index in [4.69, 9.17) is 5.11 Å². The maximum atomic E-state index is 12.9. The molecule has 4 rings (SSSR count). The Balaban J connectivity index is 1.13. The number of fused-ring (bicyclic) bond motifs is 1. The smallest absolute Gasteiger partial charge is 0.416 e. The van der Waals surface area contributed by atoms with Crippen LogP contribution in [0.1, 0.15) is 49.8 Å². The van der Waals surface area contributed by atoms with Gasteiger partial charge in [-0.05, 0) is 62.0 Å². The van der Waals surface area contributed by atoms with Crippen molar-refractivity contribution in [1.82, 2.24) is 24.9 Å². The van der Waals surface area contributed by atoms with Gasteiger partial charge in [0.15, 0.2) is 0 Å².